The van der Waals surface area contributed by atoms with Gasteiger partial charge in [0, 0.05) is 18.7 Å². The molecule has 3 atom stereocenters. The van der Waals surface area contributed by atoms with Crippen LogP contribution in [0.1, 0.15) is 50.5 Å². The zero-order chi connectivity index (χ0) is 14.7. The van der Waals surface area contributed by atoms with Gasteiger partial charge in [-0.25, -0.2) is 0 Å². The maximum Gasteiger partial charge on any atom is 0.137 e. The average molecular weight is 288 g/mol. The second kappa shape index (κ2) is 6.56. The summed E-state index contributed by atoms with van der Waals surface area (Å²) in [7, 11) is 0. The second-order valence-corrected chi connectivity index (χ2v) is 6.40. The van der Waals surface area contributed by atoms with Gasteiger partial charge in [-0.2, -0.15) is 0 Å². The molecule has 2 fully saturated rings. The lowest BCUT2D eigenvalue weighted by molar-refractivity contribution is -0.117. The molecule has 2 heterocycles. The fourth-order valence-corrected chi connectivity index (χ4v) is 2.99. The summed E-state index contributed by atoms with van der Waals surface area (Å²) >= 11 is 0. The van der Waals surface area contributed by atoms with E-state index < -0.39 is 0 Å². The predicted octanol–water partition coefficient (Wildman–Crippen LogP) is 2.69. The Kier molecular flexibility index (Phi) is 4.54. The predicted molar refractivity (Wildman–Crippen MR) is 81.5 cm³/mol. The molecular weight excluding hydrogens is 264 g/mol. The lowest BCUT2D eigenvalue weighted by Gasteiger charge is -2.27. The molecule has 0 bridgehead atoms. The van der Waals surface area contributed by atoms with E-state index in [2.05, 4.69) is 16.4 Å². The van der Waals surface area contributed by atoms with Gasteiger partial charge in [0.2, 0.25) is 0 Å². The third-order valence-electron chi connectivity index (χ3n) is 4.57. The zero-order valence-electron chi connectivity index (χ0n) is 12.7. The summed E-state index contributed by atoms with van der Waals surface area (Å²) in [5.41, 5.74) is 1.29. The molecule has 1 aliphatic heterocycles. The van der Waals surface area contributed by atoms with Crippen LogP contribution in [0.25, 0.3) is 0 Å². The maximum absolute atomic E-state index is 11.0. The van der Waals surface area contributed by atoms with Crippen LogP contribution in [0.3, 0.4) is 0 Å². The number of aromatic nitrogens is 1. The highest BCUT2D eigenvalue weighted by Gasteiger charge is 2.37. The van der Waals surface area contributed by atoms with Gasteiger partial charge in [-0.15, -0.1) is 0 Å². The van der Waals surface area contributed by atoms with Gasteiger partial charge in [-0.05, 0) is 62.6 Å². The van der Waals surface area contributed by atoms with E-state index >= 15 is 0 Å². The normalized spacial score (nSPS) is 27.0. The SMILES string of the molecule is CC(=O)CCC[C@@H]1CC1c1cncc(OC[C@@H]2CCN2)c1. The summed E-state index contributed by atoms with van der Waals surface area (Å²) in [5.74, 6) is 2.54. The molecule has 1 unspecified atom stereocenters. The van der Waals surface area contributed by atoms with Gasteiger partial charge in [-0.3, -0.25) is 4.98 Å². The van der Waals surface area contributed by atoms with Crippen LogP contribution in [-0.4, -0.2) is 30.0 Å². The molecule has 114 valence electrons. The molecule has 1 saturated heterocycles. The fourth-order valence-electron chi connectivity index (χ4n) is 2.99. The molecule has 1 aromatic rings. The maximum atomic E-state index is 11.0. The van der Waals surface area contributed by atoms with Gasteiger partial charge < -0.3 is 14.8 Å². The van der Waals surface area contributed by atoms with E-state index in [1.54, 1.807) is 13.1 Å². The quantitative estimate of drug-likeness (QED) is 0.799. The number of pyridine rings is 1. The molecule has 1 N–H and O–H groups in total. The summed E-state index contributed by atoms with van der Waals surface area (Å²) in [4.78, 5) is 15.3. The topological polar surface area (TPSA) is 51.2 Å². The minimum absolute atomic E-state index is 0.300. The Morgan fingerprint density at radius 3 is 3.05 bits per heavy atom. The minimum Gasteiger partial charge on any atom is -0.490 e. The van der Waals surface area contributed by atoms with Gasteiger partial charge in [0.15, 0.2) is 0 Å². The molecule has 0 radical (unpaired) electrons. The Morgan fingerprint density at radius 1 is 1.48 bits per heavy atom. The van der Waals surface area contributed by atoms with Crippen LogP contribution in [0.2, 0.25) is 0 Å². The highest BCUT2D eigenvalue weighted by molar-refractivity contribution is 5.75. The van der Waals surface area contributed by atoms with Crippen molar-refractivity contribution in [3.05, 3.63) is 24.0 Å². The standard InChI is InChI=1S/C17H24N2O2/c1-12(20)3-2-4-13-8-17(13)14-7-16(10-18-9-14)21-11-15-5-6-19-15/h7,9-10,13,15,17,19H,2-6,8,11H2,1H3/t13-,15+,17?/m1/s1. The van der Waals surface area contributed by atoms with Gasteiger partial charge >= 0.3 is 0 Å². The molecule has 0 spiro atoms. The molecule has 0 aromatic carbocycles. The number of carbonyl (C=O) groups excluding carboxylic acids is 1. The Morgan fingerprint density at radius 2 is 2.33 bits per heavy atom. The van der Waals surface area contributed by atoms with Crippen molar-refractivity contribution in [3.8, 4) is 5.75 Å². The Bertz CT molecular complexity index is 499. The van der Waals surface area contributed by atoms with Gasteiger partial charge in [-0.1, -0.05) is 0 Å². The highest BCUT2D eigenvalue weighted by atomic mass is 16.5. The first-order valence-electron chi connectivity index (χ1n) is 8.03. The smallest absolute Gasteiger partial charge is 0.137 e. The van der Waals surface area contributed by atoms with Crippen molar-refractivity contribution in [2.75, 3.05) is 13.2 Å². The van der Waals surface area contributed by atoms with E-state index in [-0.39, 0.29) is 0 Å². The van der Waals surface area contributed by atoms with Crippen LogP contribution in [-0.2, 0) is 4.79 Å². The Labute approximate surface area is 126 Å². The fraction of sp³-hybridized carbons (Fsp3) is 0.647. The first kappa shape index (κ1) is 14.5. The van der Waals surface area contributed by atoms with Crippen LogP contribution in [0, 0.1) is 5.92 Å². The van der Waals surface area contributed by atoms with Crippen LogP contribution in [0.4, 0.5) is 0 Å². The van der Waals surface area contributed by atoms with Crippen molar-refractivity contribution >= 4 is 5.78 Å². The van der Waals surface area contributed by atoms with E-state index in [1.165, 1.54) is 18.4 Å². The third kappa shape index (κ3) is 4.03. The number of nitrogens with one attached hydrogen (secondary N) is 1. The lowest BCUT2D eigenvalue weighted by atomic mass is 10.1. The van der Waals surface area contributed by atoms with Crippen molar-refractivity contribution in [1.29, 1.82) is 0 Å². The number of Topliss-reactive ketones (excluding diaryl/α,β-unsaturated/α-hetero) is 1. The Balaban J connectivity index is 1.46. The van der Waals surface area contributed by atoms with Crippen molar-refractivity contribution < 1.29 is 9.53 Å². The molecule has 3 rings (SSSR count). The highest BCUT2D eigenvalue weighted by Crippen LogP contribution is 2.50. The monoisotopic (exact) mass is 288 g/mol. The first-order chi connectivity index (χ1) is 10.2. The number of carbonyl (C=O) groups is 1. The van der Waals surface area contributed by atoms with Crippen LogP contribution < -0.4 is 10.1 Å². The molecule has 21 heavy (non-hydrogen) atoms. The summed E-state index contributed by atoms with van der Waals surface area (Å²) in [6, 6.07) is 2.65. The van der Waals surface area contributed by atoms with Crippen molar-refractivity contribution in [3.63, 3.8) is 0 Å². The third-order valence-corrected chi connectivity index (χ3v) is 4.57. The molecular formula is C17H24N2O2. The second-order valence-electron chi connectivity index (χ2n) is 6.40. The lowest BCUT2D eigenvalue weighted by Crippen LogP contribution is -2.46. The number of ketones is 1. The summed E-state index contributed by atoms with van der Waals surface area (Å²) in [5, 5.41) is 3.33. The summed E-state index contributed by atoms with van der Waals surface area (Å²) in [6.07, 6.45) is 9.09. The number of hydrogen-bond acceptors (Lipinski definition) is 4. The van der Waals surface area contributed by atoms with Crippen LogP contribution in [0.5, 0.6) is 5.75 Å². The number of ether oxygens (including phenoxy) is 1. The van der Waals surface area contributed by atoms with E-state index in [1.807, 2.05) is 6.20 Å². The summed E-state index contributed by atoms with van der Waals surface area (Å²) < 4.78 is 5.81. The van der Waals surface area contributed by atoms with E-state index in [0.29, 0.717) is 17.7 Å². The van der Waals surface area contributed by atoms with Crippen molar-refractivity contribution in [2.24, 2.45) is 5.92 Å². The molecule has 1 aromatic heterocycles. The van der Waals surface area contributed by atoms with Gasteiger partial charge in [0.05, 0.1) is 6.20 Å². The van der Waals surface area contributed by atoms with Crippen LogP contribution in [0.15, 0.2) is 18.5 Å². The molecule has 1 saturated carbocycles. The van der Waals surface area contributed by atoms with Gasteiger partial charge in [0.25, 0.3) is 0 Å². The minimum atomic E-state index is 0.300. The largest absolute Gasteiger partial charge is 0.490 e. The molecule has 1 aliphatic carbocycles. The molecule has 4 heteroatoms. The van der Waals surface area contributed by atoms with Crippen LogP contribution >= 0.6 is 0 Å². The molecule has 4 nitrogen and oxygen atoms in total. The van der Waals surface area contributed by atoms with Crippen molar-refractivity contribution in [2.45, 2.75) is 51.0 Å². The first-order valence-corrected chi connectivity index (χ1v) is 8.03. The van der Waals surface area contributed by atoms with E-state index in [0.717, 1.165) is 44.1 Å². The van der Waals surface area contributed by atoms with Gasteiger partial charge in [0.1, 0.15) is 18.1 Å². The number of hydrogen-bond donors (Lipinski definition) is 1. The van der Waals surface area contributed by atoms with Crippen molar-refractivity contribution in [1.82, 2.24) is 10.3 Å². The number of nitrogens with zero attached hydrogens (tertiary/aromatic N) is 1. The van der Waals surface area contributed by atoms with E-state index in [9.17, 15) is 4.79 Å². The molecule has 2 aliphatic rings. The average Bonchev–Trinajstić information content (AvgIpc) is 3.16. The number of rotatable bonds is 8. The zero-order valence-corrected chi connectivity index (χ0v) is 12.7. The Hall–Kier alpha value is -1.42. The summed E-state index contributed by atoms with van der Waals surface area (Å²) in [6.45, 7) is 3.51. The molecule has 0 amide bonds. The van der Waals surface area contributed by atoms with E-state index in [4.69, 9.17) is 4.74 Å².